The number of hydrogen-bond donors (Lipinski definition) is 2. The zero-order chi connectivity index (χ0) is 9.84. The molecule has 0 aliphatic heterocycles. The van der Waals surface area contributed by atoms with Gasteiger partial charge >= 0.3 is 0 Å². The lowest BCUT2D eigenvalue weighted by atomic mass is 10.2. The largest absolute Gasteiger partial charge is 0.395 e. The summed E-state index contributed by atoms with van der Waals surface area (Å²) in [5.74, 6) is 0. The predicted molar refractivity (Wildman–Crippen MR) is 51.3 cm³/mol. The van der Waals surface area contributed by atoms with E-state index in [9.17, 15) is 0 Å². The molecule has 0 fully saturated rings. The van der Waals surface area contributed by atoms with Crippen molar-refractivity contribution in [3.8, 4) is 0 Å². The fraction of sp³-hybridized carbons (Fsp3) is 0.667. The Morgan fingerprint density at radius 1 is 1.62 bits per heavy atom. The van der Waals surface area contributed by atoms with Gasteiger partial charge in [0.15, 0.2) is 0 Å². The van der Waals surface area contributed by atoms with Crippen LogP contribution < -0.4 is 5.32 Å². The smallest absolute Gasteiger partial charge is 0.0582 e. The monoisotopic (exact) mass is 183 g/mol. The quantitative estimate of drug-likeness (QED) is 0.712. The van der Waals surface area contributed by atoms with Gasteiger partial charge in [-0.25, -0.2) is 0 Å². The molecule has 0 radical (unpaired) electrons. The van der Waals surface area contributed by atoms with Crippen LogP contribution in [-0.2, 0) is 7.05 Å². The highest BCUT2D eigenvalue weighted by Gasteiger charge is 2.09. The van der Waals surface area contributed by atoms with Gasteiger partial charge in [0.1, 0.15) is 0 Å². The Bertz CT molecular complexity index is 259. The molecular formula is C9H17N3O. The van der Waals surface area contributed by atoms with Crippen LogP contribution in [0.5, 0.6) is 0 Å². The van der Waals surface area contributed by atoms with Crippen LogP contribution in [0.3, 0.4) is 0 Å². The molecule has 2 N–H and O–H groups in total. The first-order chi connectivity index (χ1) is 6.13. The van der Waals surface area contributed by atoms with Crippen molar-refractivity contribution < 1.29 is 5.11 Å². The van der Waals surface area contributed by atoms with Crippen LogP contribution >= 0.6 is 0 Å². The number of aliphatic hydroxyl groups is 1. The molecule has 0 bridgehead atoms. The molecular weight excluding hydrogens is 166 g/mol. The summed E-state index contributed by atoms with van der Waals surface area (Å²) in [6, 6.07) is 0.353. The number of rotatable bonds is 4. The van der Waals surface area contributed by atoms with E-state index in [1.54, 1.807) is 4.68 Å². The Morgan fingerprint density at radius 3 is 2.77 bits per heavy atom. The van der Waals surface area contributed by atoms with E-state index in [1.165, 1.54) is 0 Å². The van der Waals surface area contributed by atoms with Gasteiger partial charge < -0.3 is 10.4 Å². The lowest BCUT2D eigenvalue weighted by molar-refractivity contribution is 0.243. The second-order valence-corrected chi connectivity index (χ2v) is 3.42. The molecule has 4 heteroatoms. The van der Waals surface area contributed by atoms with Gasteiger partial charge in [-0.1, -0.05) is 0 Å². The normalized spacial score (nSPS) is 15.7. The second-order valence-electron chi connectivity index (χ2n) is 3.42. The van der Waals surface area contributed by atoms with Crippen molar-refractivity contribution in [3.05, 3.63) is 18.0 Å². The summed E-state index contributed by atoms with van der Waals surface area (Å²) in [5, 5.41) is 16.2. The molecule has 1 aromatic heterocycles. The minimum absolute atomic E-state index is 0.121. The highest BCUT2D eigenvalue weighted by molar-refractivity contribution is 5.09. The van der Waals surface area contributed by atoms with Crippen molar-refractivity contribution in [1.82, 2.24) is 15.1 Å². The standard InChI is InChI=1S/C9H17N3O/c1-7(6-13)11-8(2)9-4-10-12(3)5-9/h4-5,7-8,11,13H,6H2,1-3H3/t7-,8+/m1/s1. The van der Waals surface area contributed by atoms with Gasteiger partial charge in [-0.05, 0) is 13.8 Å². The number of nitrogens with zero attached hydrogens (tertiary/aromatic N) is 2. The Hall–Kier alpha value is -0.870. The summed E-state index contributed by atoms with van der Waals surface area (Å²) in [5.41, 5.74) is 1.14. The van der Waals surface area contributed by atoms with E-state index in [1.807, 2.05) is 26.4 Å². The molecule has 0 spiro atoms. The maximum Gasteiger partial charge on any atom is 0.0582 e. The molecule has 0 aliphatic carbocycles. The van der Waals surface area contributed by atoms with E-state index in [4.69, 9.17) is 5.11 Å². The average molecular weight is 183 g/mol. The summed E-state index contributed by atoms with van der Waals surface area (Å²) in [4.78, 5) is 0. The van der Waals surface area contributed by atoms with E-state index >= 15 is 0 Å². The van der Waals surface area contributed by atoms with Crippen LogP contribution in [0, 0.1) is 0 Å². The van der Waals surface area contributed by atoms with Gasteiger partial charge in [0.25, 0.3) is 0 Å². The van der Waals surface area contributed by atoms with Crippen molar-refractivity contribution in [2.75, 3.05) is 6.61 Å². The summed E-state index contributed by atoms with van der Waals surface area (Å²) >= 11 is 0. The van der Waals surface area contributed by atoms with Gasteiger partial charge in [0.05, 0.1) is 12.8 Å². The molecule has 0 saturated carbocycles. The second kappa shape index (κ2) is 4.39. The fourth-order valence-corrected chi connectivity index (χ4v) is 1.24. The minimum atomic E-state index is 0.121. The summed E-state index contributed by atoms with van der Waals surface area (Å²) in [7, 11) is 1.89. The number of aryl methyl sites for hydroxylation is 1. The Labute approximate surface area is 78.6 Å². The van der Waals surface area contributed by atoms with E-state index in [0.29, 0.717) is 0 Å². The number of aromatic nitrogens is 2. The molecule has 0 saturated heterocycles. The molecule has 1 rings (SSSR count). The van der Waals surface area contributed by atoms with Gasteiger partial charge in [-0.15, -0.1) is 0 Å². The zero-order valence-corrected chi connectivity index (χ0v) is 8.36. The summed E-state index contributed by atoms with van der Waals surface area (Å²) in [6.07, 6.45) is 3.81. The molecule has 1 aromatic rings. The maximum absolute atomic E-state index is 8.85. The third-order valence-electron chi connectivity index (χ3n) is 2.03. The van der Waals surface area contributed by atoms with Crippen LogP contribution in [0.2, 0.25) is 0 Å². The lowest BCUT2D eigenvalue weighted by Crippen LogP contribution is -2.31. The van der Waals surface area contributed by atoms with Gasteiger partial charge in [0.2, 0.25) is 0 Å². The average Bonchev–Trinajstić information content (AvgIpc) is 2.51. The zero-order valence-electron chi connectivity index (χ0n) is 8.36. The van der Waals surface area contributed by atoms with Gasteiger partial charge in [-0.2, -0.15) is 5.10 Å². The van der Waals surface area contributed by atoms with E-state index in [-0.39, 0.29) is 18.7 Å². The Kier molecular flexibility index (Phi) is 3.45. The Morgan fingerprint density at radius 2 is 2.31 bits per heavy atom. The highest BCUT2D eigenvalue weighted by Crippen LogP contribution is 2.10. The molecule has 0 amide bonds. The first kappa shape index (κ1) is 10.2. The molecule has 0 aromatic carbocycles. The maximum atomic E-state index is 8.85. The van der Waals surface area contributed by atoms with E-state index < -0.39 is 0 Å². The van der Waals surface area contributed by atoms with Crippen LogP contribution in [0.15, 0.2) is 12.4 Å². The molecule has 13 heavy (non-hydrogen) atoms. The van der Waals surface area contributed by atoms with E-state index in [2.05, 4.69) is 17.3 Å². The highest BCUT2D eigenvalue weighted by atomic mass is 16.3. The van der Waals surface area contributed by atoms with E-state index in [0.717, 1.165) is 5.56 Å². The van der Waals surface area contributed by atoms with Gasteiger partial charge in [0, 0.05) is 30.9 Å². The molecule has 4 nitrogen and oxygen atoms in total. The Balaban J connectivity index is 2.53. The minimum Gasteiger partial charge on any atom is -0.395 e. The van der Waals surface area contributed by atoms with Crippen LogP contribution in [0.1, 0.15) is 25.5 Å². The topological polar surface area (TPSA) is 50.1 Å². The van der Waals surface area contributed by atoms with Crippen molar-refractivity contribution in [1.29, 1.82) is 0 Å². The lowest BCUT2D eigenvalue weighted by Gasteiger charge is -2.16. The number of hydrogen-bond acceptors (Lipinski definition) is 3. The summed E-state index contributed by atoms with van der Waals surface area (Å²) < 4.78 is 1.77. The van der Waals surface area contributed by atoms with Crippen LogP contribution in [-0.4, -0.2) is 27.5 Å². The third-order valence-corrected chi connectivity index (χ3v) is 2.03. The van der Waals surface area contributed by atoms with Gasteiger partial charge in [-0.3, -0.25) is 4.68 Å². The summed E-state index contributed by atoms with van der Waals surface area (Å²) in [6.45, 7) is 4.17. The SMILES string of the molecule is C[C@H](CO)N[C@@H](C)c1cnn(C)c1. The first-order valence-corrected chi connectivity index (χ1v) is 4.49. The van der Waals surface area contributed by atoms with Crippen molar-refractivity contribution >= 4 is 0 Å². The first-order valence-electron chi connectivity index (χ1n) is 4.49. The van der Waals surface area contributed by atoms with Crippen molar-refractivity contribution in [2.24, 2.45) is 7.05 Å². The third kappa shape index (κ3) is 2.82. The molecule has 0 unspecified atom stereocenters. The number of aliphatic hydroxyl groups excluding tert-OH is 1. The van der Waals surface area contributed by atoms with Crippen molar-refractivity contribution in [2.45, 2.75) is 25.9 Å². The number of nitrogens with one attached hydrogen (secondary N) is 1. The molecule has 1 heterocycles. The fourth-order valence-electron chi connectivity index (χ4n) is 1.24. The molecule has 74 valence electrons. The molecule has 2 atom stereocenters. The van der Waals surface area contributed by atoms with Crippen LogP contribution in [0.4, 0.5) is 0 Å². The van der Waals surface area contributed by atoms with Crippen molar-refractivity contribution in [3.63, 3.8) is 0 Å². The predicted octanol–water partition coefficient (Wildman–Crippen LogP) is 0.451. The molecule has 0 aliphatic rings. The van der Waals surface area contributed by atoms with Crippen LogP contribution in [0.25, 0.3) is 0 Å².